The number of hydrogen-bond donors (Lipinski definition) is 0. The van der Waals surface area contributed by atoms with Gasteiger partial charge in [0.15, 0.2) is 0 Å². The summed E-state index contributed by atoms with van der Waals surface area (Å²) in [5, 5.41) is 0. The smallest absolute Gasteiger partial charge is 2.00 e. The minimum absolute atomic E-state index is 0. The van der Waals surface area contributed by atoms with Crippen molar-refractivity contribution in [3.05, 3.63) is 88.2 Å². The molecule has 0 N–H and O–H groups in total. The molecule has 3 aliphatic rings. The van der Waals surface area contributed by atoms with Crippen molar-refractivity contribution in [2.45, 2.75) is 34.6 Å². The maximum absolute atomic E-state index is 10.7. The average molecular weight is 667 g/mol. The molecule has 0 unspecified atom stereocenters. The van der Waals surface area contributed by atoms with Gasteiger partial charge in [-0.15, -0.1) is 0 Å². The van der Waals surface area contributed by atoms with Crippen LogP contribution in [-0.2, 0) is 19.5 Å². The fraction of sp³-hybridized carbons (Fsp3) is 0.250. The molecule has 11 radical (unpaired) electrons. The molecule has 0 atom stereocenters. The zero-order valence-corrected chi connectivity index (χ0v) is 22.6. The molecule has 0 heterocycles. The zero-order valence-electron chi connectivity index (χ0n) is 16.8. The maximum atomic E-state index is 9.87. The van der Waals surface area contributed by atoms with Crippen LogP contribution < -0.4 is 0 Å². The third-order valence-corrected chi connectivity index (χ3v) is 6.01. The van der Waals surface area contributed by atoms with E-state index in [4.69, 9.17) is 0 Å². The molecular formula is C20H21Br2F6PRu+. The number of halogens is 8. The first kappa shape index (κ1) is 31.1. The third-order valence-electron chi connectivity index (χ3n) is 4.63. The Morgan fingerprint density at radius 1 is 0.567 bits per heavy atom. The van der Waals surface area contributed by atoms with Crippen molar-refractivity contribution < 1.29 is 44.7 Å². The Bertz CT molecular complexity index is 552. The van der Waals surface area contributed by atoms with E-state index < -0.39 is 7.81 Å². The molecule has 10 heteroatoms. The van der Waals surface area contributed by atoms with Crippen molar-refractivity contribution in [3.8, 4) is 0 Å². The van der Waals surface area contributed by atoms with Crippen molar-refractivity contribution in [2.75, 3.05) is 0 Å². The van der Waals surface area contributed by atoms with E-state index in [9.17, 15) is 25.2 Å². The first-order chi connectivity index (χ1) is 12.8. The van der Waals surface area contributed by atoms with Crippen LogP contribution in [0.2, 0.25) is 0 Å². The van der Waals surface area contributed by atoms with E-state index in [2.05, 4.69) is 79.3 Å². The van der Waals surface area contributed by atoms with Crippen LogP contribution in [0.15, 0.2) is 21.1 Å². The second-order valence-corrected chi connectivity index (χ2v) is 10.3. The van der Waals surface area contributed by atoms with Crippen LogP contribution in [0.25, 0.3) is 0 Å². The van der Waals surface area contributed by atoms with Crippen molar-refractivity contribution in [1.29, 1.82) is 0 Å². The predicted octanol–water partition coefficient (Wildman–Crippen LogP) is 9.89. The van der Waals surface area contributed by atoms with E-state index in [-0.39, 0.29) is 19.5 Å². The average Bonchev–Trinajstić information content (AvgIpc) is 2.74. The summed E-state index contributed by atoms with van der Waals surface area (Å²) < 4.78 is 61.5. The molecule has 0 aliphatic heterocycles. The van der Waals surface area contributed by atoms with Gasteiger partial charge in [0, 0.05) is 20.8 Å². The molecule has 2 fully saturated rings. The van der Waals surface area contributed by atoms with Gasteiger partial charge in [-0.05, 0) is 55.3 Å². The van der Waals surface area contributed by atoms with E-state index >= 15 is 0 Å². The number of rotatable bonds is 0. The minimum Gasteiger partial charge on any atom is 2.00 e. The summed E-state index contributed by atoms with van der Waals surface area (Å²) in [6.45, 7) is 11.0. The summed E-state index contributed by atoms with van der Waals surface area (Å²) in [6.07, 6.45) is 12.4. The Labute approximate surface area is 206 Å². The van der Waals surface area contributed by atoms with Crippen molar-refractivity contribution in [1.82, 2.24) is 0 Å². The van der Waals surface area contributed by atoms with Gasteiger partial charge in [-0.1, -0.05) is 78.6 Å². The quantitative estimate of drug-likeness (QED) is 0.137. The van der Waals surface area contributed by atoms with Crippen LogP contribution in [-0.4, -0.2) is 0 Å². The van der Waals surface area contributed by atoms with E-state index in [1.165, 1.54) is 41.4 Å². The Morgan fingerprint density at radius 3 is 0.967 bits per heavy atom. The van der Waals surface area contributed by atoms with E-state index in [0.717, 1.165) is 8.96 Å². The Kier molecular flexibility index (Phi) is 10.9. The molecule has 0 amide bonds. The molecule has 3 aliphatic carbocycles. The topological polar surface area (TPSA) is 0 Å². The molecule has 0 spiro atoms. The summed E-state index contributed by atoms with van der Waals surface area (Å²) in [6, 6.07) is 0. The van der Waals surface area contributed by atoms with Crippen LogP contribution in [0.5, 0.6) is 0 Å². The van der Waals surface area contributed by atoms with Crippen LogP contribution in [0, 0.1) is 67.1 Å². The van der Waals surface area contributed by atoms with Gasteiger partial charge in [-0.2, -0.15) is 0 Å². The molecule has 3 rings (SSSR count). The molecule has 0 nitrogen and oxygen atoms in total. The fourth-order valence-electron chi connectivity index (χ4n) is 2.63. The van der Waals surface area contributed by atoms with E-state index in [0.29, 0.717) is 0 Å². The summed E-state index contributed by atoms with van der Waals surface area (Å²) >= 11 is 7.02. The Hall–Kier alpha value is 1.07. The second-order valence-electron chi connectivity index (χ2n) is 6.66. The third kappa shape index (κ3) is 11.3. The summed E-state index contributed by atoms with van der Waals surface area (Å²) in [4.78, 5) is 0. The van der Waals surface area contributed by atoms with Crippen LogP contribution >= 0.6 is 39.7 Å². The summed E-state index contributed by atoms with van der Waals surface area (Å²) in [5.74, 6) is 9.82. The number of hydrogen-bond acceptors (Lipinski definition) is 0. The van der Waals surface area contributed by atoms with E-state index in [1.54, 1.807) is 0 Å². The first-order valence-corrected chi connectivity index (χ1v) is 12.0. The standard InChI is InChI=1S/C10H6Br2.C10H15.F6P.Ru/c11-9-5-6-10(12)8-4-2-1-3-7(8)9;1-6-7(2)9(4)10(5)8(6)3;1-7(2,3,4,5)6;/h1-6H;1-5H3;;/q;;-1;+2. The molecule has 30 heavy (non-hydrogen) atoms. The SMILES string of the molecule is BrC1=CC=C(Br)[C]2[CH][CH][CH][CH][C]21.C[C]1[C](C)[C](C)[C](C)[C]1C.F[P-](F)(F)(F)(F)F.[Ru+2]. The molecule has 0 aromatic rings. The molecule has 169 valence electrons. The van der Waals surface area contributed by atoms with Crippen molar-refractivity contribution >= 4 is 39.7 Å². The normalized spacial score (nSPS) is 25.4. The molecule has 0 saturated heterocycles. The summed E-state index contributed by atoms with van der Waals surface area (Å²) in [7, 11) is -10.7. The van der Waals surface area contributed by atoms with Gasteiger partial charge < -0.3 is 0 Å². The second kappa shape index (κ2) is 10.6. The van der Waals surface area contributed by atoms with E-state index in [1.807, 2.05) is 25.0 Å². The number of fused-ring (bicyclic) bond motifs is 1. The fourth-order valence-corrected chi connectivity index (χ4v) is 3.59. The minimum atomic E-state index is -10.7. The van der Waals surface area contributed by atoms with Crippen LogP contribution in [0.4, 0.5) is 25.2 Å². The van der Waals surface area contributed by atoms with Gasteiger partial charge >= 0.3 is 52.5 Å². The maximum Gasteiger partial charge on any atom is 2.00 e. The molecule has 0 aromatic carbocycles. The van der Waals surface area contributed by atoms with Gasteiger partial charge in [0.25, 0.3) is 0 Å². The largest absolute Gasteiger partial charge is 2.00 e. The monoisotopic (exact) mass is 666 g/mol. The molecule has 0 bridgehead atoms. The van der Waals surface area contributed by atoms with Crippen molar-refractivity contribution in [2.24, 2.45) is 0 Å². The van der Waals surface area contributed by atoms with Crippen molar-refractivity contribution in [3.63, 3.8) is 0 Å². The van der Waals surface area contributed by atoms with Crippen LogP contribution in [0.3, 0.4) is 0 Å². The Balaban J connectivity index is 0.000000430. The van der Waals surface area contributed by atoms with Gasteiger partial charge in [-0.3, -0.25) is 0 Å². The van der Waals surface area contributed by atoms with Crippen LogP contribution in [0.1, 0.15) is 34.6 Å². The molecule has 0 aromatic heterocycles. The van der Waals surface area contributed by atoms with Gasteiger partial charge in [0.2, 0.25) is 0 Å². The molecule has 2 saturated carbocycles. The van der Waals surface area contributed by atoms with Gasteiger partial charge in [-0.25, -0.2) is 0 Å². The predicted molar refractivity (Wildman–Crippen MR) is 116 cm³/mol. The number of allylic oxidation sites excluding steroid dienone is 4. The zero-order chi connectivity index (χ0) is 22.8. The van der Waals surface area contributed by atoms with Gasteiger partial charge in [0.1, 0.15) is 0 Å². The summed E-state index contributed by atoms with van der Waals surface area (Å²) in [5.41, 5.74) is 0. The Morgan fingerprint density at radius 2 is 0.767 bits per heavy atom. The first-order valence-electron chi connectivity index (χ1n) is 8.38. The van der Waals surface area contributed by atoms with Gasteiger partial charge in [0.05, 0.1) is 0 Å². The molecular weight excluding hydrogens is 646 g/mol.